The molecule has 0 bridgehead atoms. The van der Waals surface area contributed by atoms with E-state index in [1.165, 1.54) is 12.1 Å². The highest BCUT2D eigenvalue weighted by molar-refractivity contribution is 5.76. The molecule has 5 heteroatoms. The maximum absolute atomic E-state index is 11.3. The van der Waals surface area contributed by atoms with Gasteiger partial charge in [0.05, 0.1) is 0 Å². The highest BCUT2D eigenvalue weighted by Gasteiger charge is 2.09. The Morgan fingerprint density at radius 3 is 2.86 bits per heavy atom. The molecule has 106 valence electrons. The Morgan fingerprint density at radius 2 is 2.05 bits per heavy atom. The fourth-order valence-electron chi connectivity index (χ4n) is 2.24. The molecule has 0 unspecified atom stereocenters. The van der Waals surface area contributed by atoms with Crippen LogP contribution in [-0.4, -0.2) is 11.0 Å². The molecule has 0 aromatic heterocycles. The lowest BCUT2D eigenvalue weighted by atomic mass is 10.1. The summed E-state index contributed by atoms with van der Waals surface area (Å²) in [7, 11) is 0. The summed E-state index contributed by atoms with van der Waals surface area (Å²) in [6, 6.07) is 10.0. The Hall–Kier alpha value is -2.69. The number of rotatable bonds is 4. The third-order valence-electron chi connectivity index (χ3n) is 3.26. The molecule has 3 rings (SSSR count). The summed E-state index contributed by atoms with van der Waals surface area (Å²) in [5.41, 5.74) is 2.75. The van der Waals surface area contributed by atoms with Crippen molar-refractivity contribution in [1.82, 2.24) is 4.98 Å². The lowest BCUT2D eigenvalue weighted by Gasteiger charge is -2.07. The molecule has 0 fully saturated rings. The van der Waals surface area contributed by atoms with E-state index in [9.17, 15) is 14.7 Å². The molecule has 0 saturated heterocycles. The highest BCUT2D eigenvalue weighted by Crippen LogP contribution is 2.24. The molecule has 0 saturated carbocycles. The third-order valence-corrected chi connectivity index (χ3v) is 3.26. The molecule has 5 nitrogen and oxygen atoms in total. The Morgan fingerprint density at radius 1 is 1.19 bits per heavy atom. The first-order chi connectivity index (χ1) is 10.1. The van der Waals surface area contributed by atoms with E-state index in [1.807, 2.05) is 18.2 Å². The lowest BCUT2D eigenvalue weighted by molar-refractivity contribution is -0.305. The number of aliphatic carboxylic acids is 1. The van der Waals surface area contributed by atoms with Crippen LogP contribution in [0.5, 0.6) is 0 Å². The summed E-state index contributed by atoms with van der Waals surface area (Å²) in [5.74, 6) is -0.599. The maximum Gasteiger partial charge on any atom is 0.182 e. The fraction of sp³-hybridized carbons (Fsp3) is 0.188. The number of fused-ring (bicyclic) bond motifs is 2. The number of carbonyl (C=O) groups excluding carboxylic acids is 1. The maximum atomic E-state index is 11.3. The zero-order valence-electron chi connectivity index (χ0n) is 11.2. The van der Waals surface area contributed by atoms with Gasteiger partial charge < -0.3 is 14.3 Å². The van der Waals surface area contributed by atoms with Crippen molar-refractivity contribution in [2.75, 3.05) is 0 Å². The number of carbonyl (C=O) groups is 1. The van der Waals surface area contributed by atoms with E-state index >= 15 is 0 Å². The number of nitrogens with zero attached hydrogens (tertiary/aromatic N) is 1. The standard InChI is InChI=1S/C16H13NO4/c18-11-5-7-13-15(9-11)21-14-8-10(2-1-3-16(19)20)4-6-12(14)17-13/h4-9H,1-3H2,(H,19,20)/p-1. The number of hydrogen-bond donors (Lipinski definition) is 0. The minimum atomic E-state index is -1.05. The normalized spacial score (nSPS) is 11.0. The Bertz CT molecular complexity index is 837. The summed E-state index contributed by atoms with van der Waals surface area (Å²) in [6.07, 6.45) is 1.17. The largest absolute Gasteiger partial charge is 0.550 e. The third kappa shape index (κ3) is 2.91. The van der Waals surface area contributed by atoms with Crippen molar-refractivity contribution in [3.8, 4) is 11.5 Å². The molecule has 1 aromatic rings. The van der Waals surface area contributed by atoms with Crippen molar-refractivity contribution < 1.29 is 14.3 Å². The van der Waals surface area contributed by atoms with Crippen LogP contribution in [0.1, 0.15) is 18.4 Å². The van der Waals surface area contributed by atoms with Gasteiger partial charge >= 0.3 is 0 Å². The van der Waals surface area contributed by atoms with Crippen LogP contribution in [0.25, 0.3) is 22.6 Å². The molecule has 0 radical (unpaired) electrons. The van der Waals surface area contributed by atoms with Gasteiger partial charge in [0, 0.05) is 12.0 Å². The summed E-state index contributed by atoms with van der Waals surface area (Å²) in [4.78, 5) is 26.2. The summed E-state index contributed by atoms with van der Waals surface area (Å²) >= 11 is 0. The van der Waals surface area contributed by atoms with Gasteiger partial charge in [-0.3, -0.25) is 4.79 Å². The van der Waals surface area contributed by atoms with Crippen LogP contribution >= 0.6 is 0 Å². The quantitative estimate of drug-likeness (QED) is 0.675. The summed E-state index contributed by atoms with van der Waals surface area (Å²) in [5, 5.41) is 10.4. The monoisotopic (exact) mass is 282 g/mol. The molecule has 21 heavy (non-hydrogen) atoms. The van der Waals surface area contributed by atoms with Gasteiger partial charge in [-0.2, -0.15) is 0 Å². The van der Waals surface area contributed by atoms with Crippen molar-refractivity contribution >= 4 is 17.1 Å². The molecular weight excluding hydrogens is 270 g/mol. The van der Waals surface area contributed by atoms with Crippen LogP contribution in [0.4, 0.5) is 0 Å². The smallest absolute Gasteiger partial charge is 0.182 e. The van der Waals surface area contributed by atoms with Crippen LogP contribution in [-0.2, 0) is 11.2 Å². The van der Waals surface area contributed by atoms with Gasteiger partial charge in [0.15, 0.2) is 16.8 Å². The number of carboxylic acids is 1. The van der Waals surface area contributed by atoms with Gasteiger partial charge in [-0.05, 0) is 49.1 Å². The molecule has 0 atom stereocenters. The molecule has 1 aliphatic carbocycles. The average Bonchev–Trinajstić information content (AvgIpc) is 2.44. The fourth-order valence-corrected chi connectivity index (χ4v) is 2.24. The molecule has 1 heterocycles. The van der Waals surface area contributed by atoms with Crippen molar-refractivity contribution in [3.63, 3.8) is 0 Å². The molecule has 0 N–H and O–H groups in total. The average molecular weight is 282 g/mol. The van der Waals surface area contributed by atoms with Gasteiger partial charge in [0.1, 0.15) is 11.2 Å². The predicted molar refractivity (Wildman–Crippen MR) is 74.8 cm³/mol. The van der Waals surface area contributed by atoms with Crippen molar-refractivity contribution in [2.24, 2.45) is 0 Å². The lowest BCUT2D eigenvalue weighted by Crippen LogP contribution is -2.21. The first-order valence-corrected chi connectivity index (χ1v) is 6.65. The zero-order valence-corrected chi connectivity index (χ0v) is 11.2. The van der Waals surface area contributed by atoms with Crippen LogP contribution in [0, 0.1) is 0 Å². The van der Waals surface area contributed by atoms with Gasteiger partial charge in [0.25, 0.3) is 0 Å². The number of hydrogen-bond acceptors (Lipinski definition) is 5. The van der Waals surface area contributed by atoms with Gasteiger partial charge in [-0.15, -0.1) is 0 Å². The second-order valence-corrected chi connectivity index (χ2v) is 4.87. The first kappa shape index (κ1) is 13.3. The van der Waals surface area contributed by atoms with Gasteiger partial charge in [-0.1, -0.05) is 6.07 Å². The predicted octanol–water partition coefficient (Wildman–Crippen LogP) is 1.37. The van der Waals surface area contributed by atoms with E-state index in [2.05, 4.69) is 4.98 Å². The number of aryl methyl sites for hydroxylation is 1. The topological polar surface area (TPSA) is 83.2 Å². The number of aromatic nitrogens is 1. The number of carboxylic acid groups (broad SMARTS) is 1. The van der Waals surface area contributed by atoms with E-state index in [0.717, 1.165) is 5.56 Å². The Labute approximate surface area is 120 Å². The minimum absolute atomic E-state index is 0.0324. The van der Waals surface area contributed by atoms with E-state index in [1.54, 1.807) is 6.07 Å². The summed E-state index contributed by atoms with van der Waals surface area (Å²) in [6.45, 7) is 0. The van der Waals surface area contributed by atoms with Crippen LogP contribution in [0.15, 0.2) is 45.6 Å². The SMILES string of the molecule is O=C([O-])CCCc1ccc2nc3ccc(=O)cc-3oc2c1. The second kappa shape index (κ2) is 5.36. The van der Waals surface area contributed by atoms with Crippen LogP contribution in [0.3, 0.4) is 0 Å². The van der Waals surface area contributed by atoms with E-state index in [4.69, 9.17) is 4.42 Å². The van der Waals surface area contributed by atoms with E-state index in [0.29, 0.717) is 35.4 Å². The van der Waals surface area contributed by atoms with Gasteiger partial charge in [0.2, 0.25) is 0 Å². The first-order valence-electron chi connectivity index (χ1n) is 6.65. The van der Waals surface area contributed by atoms with Gasteiger partial charge in [-0.25, -0.2) is 4.98 Å². The van der Waals surface area contributed by atoms with E-state index in [-0.39, 0.29) is 11.8 Å². The zero-order chi connectivity index (χ0) is 14.8. The molecule has 2 aliphatic rings. The second-order valence-electron chi connectivity index (χ2n) is 4.87. The van der Waals surface area contributed by atoms with Crippen LogP contribution in [0.2, 0.25) is 0 Å². The minimum Gasteiger partial charge on any atom is -0.550 e. The summed E-state index contributed by atoms with van der Waals surface area (Å²) < 4.78 is 5.70. The molecule has 0 amide bonds. The molecular formula is C16H12NO4-. The molecule has 1 aromatic carbocycles. The number of benzene rings is 2. The van der Waals surface area contributed by atoms with Crippen molar-refractivity contribution in [2.45, 2.75) is 19.3 Å². The van der Waals surface area contributed by atoms with E-state index < -0.39 is 5.97 Å². The molecule has 0 spiro atoms. The molecule has 1 aliphatic heterocycles. The highest BCUT2D eigenvalue weighted by atomic mass is 16.4. The van der Waals surface area contributed by atoms with Crippen molar-refractivity contribution in [3.05, 3.63) is 52.2 Å². The van der Waals surface area contributed by atoms with Crippen molar-refractivity contribution in [1.29, 1.82) is 0 Å². The Balaban J connectivity index is 1.97. The Kier molecular flexibility index (Phi) is 3.39. The van der Waals surface area contributed by atoms with Crippen LogP contribution < -0.4 is 10.5 Å².